The lowest BCUT2D eigenvalue weighted by atomic mass is 10.1. The van der Waals surface area contributed by atoms with Gasteiger partial charge in [0, 0.05) is 5.39 Å². The number of carbonyl (C=O) groups is 1. The first-order valence-corrected chi connectivity index (χ1v) is 9.92. The summed E-state index contributed by atoms with van der Waals surface area (Å²) in [5.74, 6) is -0.865. The smallest absolute Gasteiger partial charge is 0.276 e. The number of aryl methyl sites for hydroxylation is 1. The van der Waals surface area contributed by atoms with E-state index in [9.17, 15) is 9.18 Å². The molecule has 8 heteroatoms. The standard InChI is InChI=1S/C19H18FN3O3S.C2H6/c1-3-25-8-9-26-23-19(24)13-5-7-17-14(11-21-27-17)18(13)22-16-6-4-12(2)10-15(16)20;1-2/h3-7,10-11,22H,1,8-9H2,2H3,(H,23,24);1-2H3. The van der Waals surface area contributed by atoms with Gasteiger partial charge in [0.05, 0.1) is 34.1 Å². The van der Waals surface area contributed by atoms with Crippen LogP contribution in [0.25, 0.3) is 10.1 Å². The van der Waals surface area contributed by atoms with Gasteiger partial charge >= 0.3 is 0 Å². The molecule has 1 aromatic heterocycles. The van der Waals surface area contributed by atoms with Gasteiger partial charge in [-0.3, -0.25) is 9.63 Å². The normalized spacial score (nSPS) is 10.1. The molecule has 3 rings (SSSR count). The third-order valence-electron chi connectivity index (χ3n) is 3.75. The highest BCUT2D eigenvalue weighted by Gasteiger charge is 2.17. The number of aromatic nitrogens is 1. The Hall–Kier alpha value is -2.97. The SMILES string of the molecule is C=COCCONC(=O)c1ccc2sncc2c1Nc1ccc(C)cc1F.CC. The maximum Gasteiger partial charge on any atom is 0.276 e. The average Bonchev–Trinajstić information content (AvgIpc) is 3.20. The summed E-state index contributed by atoms with van der Waals surface area (Å²) >= 11 is 1.29. The Morgan fingerprint density at radius 2 is 2.07 bits per heavy atom. The van der Waals surface area contributed by atoms with Gasteiger partial charge in [-0.2, -0.15) is 4.37 Å². The molecule has 0 bridgehead atoms. The van der Waals surface area contributed by atoms with Crippen LogP contribution in [0.2, 0.25) is 0 Å². The molecule has 2 N–H and O–H groups in total. The van der Waals surface area contributed by atoms with Gasteiger partial charge in [-0.05, 0) is 48.3 Å². The number of nitrogens with one attached hydrogen (secondary N) is 2. The molecular weight excluding hydrogens is 393 g/mol. The molecule has 0 spiro atoms. The molecular formula is C21H24FN3O3S. The molecule has 0 saturated carbocycles. The lowest BCUT2D eigenvalue weighted by Crippen LogP contribution is -2.26. The number of halogens is 1. The van der Waals surface area contributed by atoms with Crippen LogP contribution < -0.4 is 10.8 Å². The fourth-order valence-electron chi connectivity index (χ4n) is 2.47. The van der Waals surface area contributed by atoms with Crippen LogP contribution in [0.4, 0.5) is 15.8 Å². The Bertz CT molecular complexity index is 975. The lowest BCUT2D eigenvalue weighted by molar-refractivity contribution is 0.0145. The molecule has 2 aromatic carbocycles. The van der Waals surface area contributed by atoms with Crippen LogP contribution in [0.3, 0.4) is 0 Å². The second kappa shape index (κ2) is 11.1. The Kier molecular flexibility index (Phi) is 8.57. The summed E-state index contributed by atoms with van der Waals surface area (Å²) in [6.45, 7) is 9.65. The zero-order valence-corrected chi connectivity index (χ0v) is 17.4. The van der Waals surface area contributed by atoms with Gasteiger partial charge in [0.1, 0.15) is 19.0 Å². The van der Waals surface area contributed by atoms with E-state index in [0.717, 1.165) is 15.6 Å². The van der Waals surface area contributed by atoms with E-state index in [1.54, 1.807) is 30.5 Å². The number of anilines is 2. The second-order valence-corrected chi connectivity index (χ2v) is 6.48. The Labute approximate surface area is 173 Å². The lowest BCUT2D eigenvalue weighted by Gasteiger charge is -2.14. The van der Waals surface area contributed by atoms with E-state index < -0.39 is 11.7 Å². The summed E-state index contributed by atoms with van der Waals surface area (Å²) < 4.78 is 24.2. The number of hydroxylamine groups is 1. The zero-order valence-electron chi connectivity index (χ0n) is 16.6. The molecule has 0 saturated heterocycles. The largest absolute Gasteiger partial charge is 0.499 e. The van der Waals surface area contributed by atoms with Crippen molar-refractivity contribution in [1.82, 2.24) is 9.85 Å². The van der Waals surface area contributed by atoms with Crippen molar-refractivity contribution in [3.05, 3.63) is 66.3 Å². The highest BCUT2D eigenvalue weighted by atomic mass is 32.1. The van der Waals surface area contributed by atoms with E-state index in [1.807, 2.05) is 20.8 Å². The van der Waals surface area contributed by atoms with Crippen molar-refractivity contribution in [3.8, 4) is 0 Å². The average molecular weight is 418 g/mol. The first kappa shape index (κ1) is 22.3. The number of ether oxygens (including phenoxy) is 1. The van der Waals surface area contributed by atoms with Crippen LogP contribution in [-0.2, 0) is 9.57 Å². The molecule has 29 heavy (non-hydrogen) atoms. The fourth-order valence-corrected chi connectivity index (χ4v) is 3.12. The van der Waals surface area contributed by atoms with Crippen LogP contribution in [0.1, 0.15) is 29.8 Å². The van der Waals surface area contributed by atoms with E-state index in [1.165, 1.54) is 23.9 Å². The minimum atomic E-state index is -0.461. The number of hydrogen-bond donors (Lipinski definition) is 2. The molecule has 0 radical (unpaired) electrons. The number of hydrogen-bond acceptors (Lipinski definition) is 6. The van der Waals surface area contributed by atoms with E-state index >= 15 is 0 Å². The summed E-state index contributed by atoms with van der Waals surface area (Å²) in [6.07, 6.45) is 2.94. The Morgan fingerprint density at radius 1 is 1.28 bits per heavy atom. The molecule has 1 heterocycles. The van der Waals surface area contributed by atoms with Gasteiger partial charge in [0.2, 0.25) is 0 Å². The molecule has 6 nitrogen and oxygen atoms in total. The maximum absolute atomic E-state index is 14.3. The van der Waals surface area contributed by atoms with Crippen LogP contribution in [0.5, 0.6) is 0 Å². The Morgan fingerprint density at radius 3 is 2.79 bits per heavy atom. The third kappa shape index (κ3) is 5.75. The topological polar surface area (TPSA) is 72.5 Å². The van der Waals surface area contributed by atoms with Crippen LogP contribution in [-0.4, -0.2) is 23.5 Å². The van der Waals surface area contributed by atoms with Crippen LogP contribution in [0, 0.1) is 12.7 Å². The van der Waals surface area contributed by atoms with Gasteiger partial charge in [-0.25, -0.2) is 9.87 Å². The molecule has 0 fully saturated rings. The number of benzene rings is 2. The van der Waals surface area contributed by atoms with E-state index in [-0.39, 0.29) is 18.9 Å². The molecule has 1 amide bonds. The van der Waals surface area contributed by atoms with Gasteiger partial charge in [0.25, 0.3) is 5.91 Å². The second-order valence-electron chi connectivity index (χ2n) is 5.65. The van der Waals surface area contributed by atoms with Crippen LogP contribution in [0.15, 0.2) is 49.4 Å². The monoisotopic (exact) mass is 417 g/mol. The van der Waals surface area contributed by atoms with E-state index in [0.29, 0.717) is 11.3 Å². The molecule has 0 aliphatic heterocycles. The minimum Gasteiger partial charge on any atom is -0.499 e. The fraction of sp³-hybridized carbons (Fsp3) is 0.238. The van der Waals surface area contributed by atoms with Crippen molar-refractivity contribution in [2.75, 3.05) is 18.5 Å². The van der Waals surface area contributed by atoms with Crippen molar-refractivity contribution in [3.63, 3.8) is 0 Å². The molecule has 0 aliphatic carbocycles. The number of fused-ring (bicyclic) bond motifs is 1. The molecule has 3 aromatic rings. The zero-order chi connectivity index (χ0) is 21.2. The first-order valence-electron chi connectivity index (χ1n) is 9.15. The Balaban J connectivity index is 0.00000145. The molecule has 154 valence electrons. The van der Waals surface area contributed by atoms with Crippen molar-refractivity contribution in [1.29, 1.82) is 0 Å². The van der Waals surface area contributed by atoms with Crippen molar-refractivity contribution < 1.29 is 18.8 Å². The third-order valence-corrected chi connectivity index (χ3v) is 4.52. The number of rotatable bonds is 8. The van der Waals surface area contributed by atoms with Crippen molar-refractivity contribution in [2.24, 2.45) is 0 Å². The quantitative estimate of drug-likeness (QED) is 0.294. The maximum atomic E-state index is 14.3. The van der Waals surface area contributed by atoms with E-state index in [4.69, 9.17) is 9.57 Å². The highest BCUT2D eigenvalue weighted by molar-refractivity contribution is 7.13. The summed E-state index contributed by atoms with van der Waals surface area (Å²) in [5.41, 5.74) is 4.22. The van der Waals surface area contributed by atoms with Gasteiger partial charge < -0.3 is 10.1 Å². The molecule has 0 aliphatic rings. The predicted molar refractivity (Wildman–Crippen MR) is 115 cm³/mol. The predicted octanol–water partition coefficient (Wildman–Crippen LogP) is 5.34. The van der Waals surface area contributed by atoms with Gasteiger partial charge in [-0.15, -0.1) is 0 Å². The number of amides is 1. The van der Waals surface area contributed by atoms with Crippen molar-refractivity contribution in [2.45, 2.75) is 20.8 Å². The summed E-state index contributed by atoms with van der Waals surface area (Å²) in [7, 11) is 0. The summed E-state index contributed by atoms with van der Waals surface area (Å²) in [4.78, 5) is 17.6. The van der Waals surface area contributed by atoms with E-state index in [2.05, 4.69) is 21.7 Å². The molecule has 0 unspecified atom stereocenters. The van der Waals surface area contributed by atoms with Gasteiger partial charge in [0.15, 0.2) is 0 Å². The minimum absolute atomic E-state index is 0.162. The number of nitrogens with zero attached hydrogens (tertiary/aromatic N) is 1. The first-order chi connectivity index (χ1) is 14.1. The van der Waals surface area contributed by atoms with Gasteiger partial charge in [-0.1, -0.05) is 26.5 Å². The summed E-state index contributed by atoms with van der Waals surface area (Å²) in [6, 6.07) is 8.29. The number of carbonyl (C=O) groups excluding carboxylic acids is 1. The summed E-state index contributed by atoms with van der Waals surface area (Å²) in [5, 5.41) is 3.75. The van der Waals surface area contributed by atoms with Crippen LogP contribution >= 0.6 is 11.5 Å². The molecule has 0 atom stereocenters. The highest BCUT2D eigenvalue weighted by Crippen LogP contribution is 2.33. The van der Waals surface area contributed by atoms with Crippen molar-refractivity contribution >= 4 is 38.9 Å².